The van der Waals surface area contributed by atoms with Crippen LogP contribution in [0.1, 0.15) is 16.1 Å². The lowest BCUT2D eigenvalue weighted by atomic mass is 10.2. The van der Waals surface area contributed by atoms with Crippen molar-refractivity contribution in [3.05, 3.63) is 56.5 Å². The lowest BCUT2D eigenvalue weighted by Gasteiger charge is -2.03. The summed E-state index contributed by atoms with van der Waals surface area (Å²) >= 11 is 1.33. The second kappa shape index (κ2) is 5.37. The molecular weight excluding hydrogens is 254 g/mol. The standard InChI is InChI=1S/C11H9N3O3S/c15-11(10-6-18-7-13-10)12-5-8-2-1-3-9(4-8)14(16)17/h1-4,6-7H,5H2,(H,12,15). The first-order valence-corrected chi connectivity index (χ1v) is 6.01. The zero-order chi connectivity index (χ0) is 13.0. The van der Waals surface area contributed by atoms with Crippen LogP contribution in [0.25, 0.3) is 0 Å². The molecule has 0 aliphatic heterocycles. The van der Waals surface area contributed by atoms with Gasteiger partial charge in [0.15, 0.2) is 0 Å². The number of amides is 1. The van der Waals surface area contributed by atoms with E-state index in [1.54, 1.807) is 23.0 Å². The summed E-state index contributed by atoms with van der Waals surface area (Å²) in [6.07, 6.45) is 0. The molecule has 1 amide bonds. The second-order valence-corrected chi connectivity index (χ2v) is 4.20. The molecule has 1 heterocycles. The van der Waals surface area contributed by atoms with Crippen LogP contribution in [-0.4, -0.2) is 15.8 Å². The van der Waals surface area contributed by atoms with Crippen LogP contribution in [0, 0.1) is 10.1 Å². The molecule has 0 atom stereocenters. The predicted octanol–water partition coefficient (Wildman–Crippen LogP) is 1.98. The number of hydrogen-bond acceptors (Lipinski definition) is 5. The minimum Gasteiger partial charge on any atom is -0.347 e. The fraction of sp³-hybridized carbons (Fsp3) is 0.0909. The van der Waals surface area contributed by atoms with Crippen molar-refractivity contribution >= 4 is 22.9 Å². The minimum absolute atomic E-state index is 0.00964. The molecule has 7 heteroatoms. The van der Waals surface area contributed by atoms with Gasteiger partial charge in [0.2, 0.25) is 0 Å². The normalized spacial score (nSPS) is 10.0. The molecule has 1 N–H and O–H groups in total. The van der Waals surface area contributed by atoms with Gasteiger partial charge in [-0.3, -0.25) is 14.9 Å². The molecule has 0 bridgehead atoms. The Hall–Kier alpha value is -2.28. The first-order valence-electron chi connectivity index (χ1n) is 5.06. The predicted molar refractivity (Wildman–Crippen MR) is 66.4 cm³/mol. The van der Waals surface area contributed by atoms with E-state index in [0.29, 0.717) is 11.3 Å². The quantitative estimate of drug-likeness (QED) is 0.675. The van der Waals surface area contributed by atoms with Gasteiger partial charge in [0.25, 0.3) is 11.6 Å². The summed E-state index contributed by atoms with van der Waals surface area (Å²) in [6, 6.07) is 6.14. The zero-order valence-electron chi connectivity index (χ0n) is 9.20. The molecule has 0 saturated carbocycles. The van der Waals surface area contributed by atoms with E-state index in [4.69, 9.17) is 0 Å². The summed E-state index contributed by atoms with van der Waals surface area (Å²) in [5, 5.41) is 14.9. The number of rotatable bonds is 4. The fourth-order valence-electron chi connectivity index (χ4n) is 1.38. The van der Waals surface area contributed by atoms with E-state index in [0.717, 1.165) is 0 Å². The van der Waals surface area contributed by atoms with Crippen molar-refractivity contribution in [2.24, 2.45) is 0 Å². The van der Waals surface area contributed by atoms with Gasteiger partial charge >= 0.3 is 0 Å². The van der Waals surface area contributed by atoms with Crippen LogP contribution in [0.15, 0.2) is 35.2 Å². The molecule has 0 aliphatic rings. The van der Waals surface area contributed by atoms with E-state index >= 15 is 0 Å². The molecule has 0 saturated heterocycles. The highest BCUT2D eigenvalue weighted by Crippen LogP contribution is 2.13. The minimum atomic E-state index is -0.467. The Bertz CT molecular complexity index is 569. The highest BCUT2D eigenvalue weighted by atomic mass is 32.1. The molecule has 18 heavy (non-hydrogen) atoms. The number of benzene rings is 1. The summed E-state index contributed by atoms with van der Waals surface area (Å²) in [4.78, 5) is 25.6. The van der Waals surface area contributed by atoms with Gasteiger partial charge in [0.1, 0.15) is 5.69 Å². The highest BCUT2D eigenvalue weighted by molar-refractivity contribution is 7.07. The van der Waals surface area contributed by atoms with E-state index in [2.05, 4.69) is 10.3 Å². The molecule has 2 rings (SSSR count). The number of non-ortho nitro benzene ring substituents is 1. The summed E-state index contributed by atoms with van der Waals surface area (Å²) in [6.45, 7) is 0.234. The first-order chi connectivity index (χ1) is 8.66. The van der Waals surface area contributed by atoms with E-state index in [9.17, 15) is 14.9 Å². The molecule has 0 radical (unpaired) electrons. The van der Waals surface area contributed by atoms with Crippen molar-refractivity contribution in [2.45, 2.75) is 6.54 Å². The molecule has 1 aromatic heterocycles. The van der Waals surface area contributed by atoms with E-state index in [1.807, 2.05) is 0 Å². The van der Waals surface area contributed by atoms with Crippen LogP contribution < -0.4 is 5.32 Å². The Morgan fingerprint density at radius 2 is 2.33 bits per heavy atom. The van der Waals surface area contributed by atoms with E-state index in [-0.39, 0.29) is 18.1 Å². The van der Waals surface area contributed by atoms with Crippen molar-refractivity contribution in [1.82, 2.24) is 10.3 Å². The lowest BCUT2D eigenvalue weighted by molar-refractivity contribution is -0.384. The summed E-state index contributed by atoms with van der Waals surface area (Å²) in [5.41, 5.74) is 2.61. The number of carbonyl (C=O) groups excluding carboxylic acids is 1. The number of carbonyl (C=O) groups is 1. The Labute approximate surface area is 106 Å². The Morgan fingerprint density at radius 3 is 3.00 bits per heavy atom. The molecule has 2 aromatic rings. The Kier molecular flexibility index (Phi) is 3.63. The van der Waals surface area contributed by atoms with Crippen LogP contribution in [0.4, 0.5) is 5.69 Å². The maximum atomic E-state index is 11.6. The number of nitro benzene ring substituents is 1. The average molecular weight is 263 g/mol. The van der Waals surface area contributed by atoms with Crippen molar-refractivity contribution in [2.75, 3.05) is 0 Å². The van der Waals surface area contributed by atoms with Crippen molar-refractivity contribution in [3.63, 3.8) is 0 Å². The largest absolute Gasteiger partial charge is 0.347 e. The van der Waals surface area contributed by atoms with E-state index in [1.165, 1.54) is 23.5 Å². The molecule has 92 valence electrons. The third kappa shape index (κ3) is 2.89. The van der Waals surface area contributed by atoms with Gasteiger partial charge in [-0.15, -0.1) is 11.3 Å². The number of thiazole rings is 1. The summed E-state index contributed by atoms with van der Waals surface area (Å²) in [7, 11) is 0. The van der Waals surface area contributed by atoms with Crippen LogP contribution in [0.2, 0.25) is 0 Å². The van der Waals surface area contributed by atoms with Gasteiger partial charge in [0, 0.05) is 24.1 Å². The number of nitrogens with zero attached hydrogens (tertiary/aromatic N) is 2. The third-order valence-corrected chi connectivity index (χ3v) is 2.83. The highest BCUT2D eigenvalue weighted by Gasteiger charge is 2.09. The molecule has 0 unspecified atom stereocenters. The number of nitrogens with one attached hydrogen (secondary N) is 1. The number of nitro groups is 1. The maximum Gasteiger partial charge on any atom is 0.271 e. The molecular formula is C11H9N3O3S. The fourth-order valence-corrected chi connectivity index (χ4v) is 1.91. The van der Waals surface area contributed by atoms with Gasteiger partial charge in [-0.1, -0.05) is 12.1 Å². The second-order valence-electron chi connectivity index (χ2n) is 3.48. The van der Waals surface area contributed by atoms with Gasteiger partial charge < -0.3 is 5.32 Å². The maximum absolute atomic E-state index is 11.6. The van der Waals surface area contributed by atoms with Crippen molar-refractivity contribution in [1.29, 1.82) is 0 Å². The van der Waals surface area contributed by atoms with Gasteiger partial charge in [-0.25, -0.2) is 4.98 Å². The number of aromatic nitrogens is 1. The van der Waals surface area contributed by atoms with Crippen molar-refractivity contribution in [3.8, 4) is 0 Å². The molecule has 6 nitrogen and oxygen atoms in total. The first kappa shape index (κ1) is 12.2. The zero-order valence-corrected chi connectivity index (χ0v) is 10.0. The average Bonchev–Trinajstić information content (AvgIpc) is 2.90. The molecule has 0 spiro atoms. The van der Waals surface area contributed by atoms with Crippen LogP contribution in [0.3, 0.4) is 0 Å². The topological polar surface area (TPSA) is 85.1 Å². The smallest absolute Gasteiger partial charge is 0.271 e. The van der Waals surface area contributed by atoms with Crippen LogP contribution in [0.5, 0.6) is 0 Å². The molecule has 1 aromatic carbocycles. The molecule has 0 aliphatic carbocycles. The van der Waals surface area contributed by atoms with Crippen molar-refractivity contribution < 1.29 is 9.72 Å². The third-order valence-electron chi connectivity index (χ3n) is 2.24. The van der Waals surface area contributed by atoms with Crippen LogP contribution >= 0.6 is 11.3 Å². The summed E-state index contributed by atoms with van der Waals surface area (Å²) in [5.74, 6) is -0.289. The summed E-state index contributed by atoms with van der Waals surface area (Å²) < 4.78 is 0. The Morgan fingerprint density at radius 1 is 1.50 bits per heavy atom. The number of hydrogen-bond donors (Lipinski definition) is 1. The van der Waals surface area contributed by atoms with Crippen LogP contribution in [-0.2, 0) is 6.54 Å². The SMILES string of the molecule is O=C(NCc1cccc([N+](=O)[O-])c1)c1cscn1. The van der Waals surface area contributed by atoms with Gasteiger partial charge in [-0.05, 0) is 5.56 Å². The van der Waals surface area contributed by atoms with Gasteiger partial charge in [0.05, 0.1) is 10.4 Å². The molecule has 0 fully saturated rings. The Balaban J connectivity index is 2.00. The van der Waals surface area contributed by atoms with Gasteiger partial charge in [-0.2, -0.15) is 0 Å². The van der Waals surface area contributed by atoms with E-state index < -0.39 is 4.92 Å². The lowest BCUT2D eigenvalue weighted by Crippen LogP contribution is -2.23. The monoisotopic (exact) mass is 263 g/mol.